The molecule has 0 fully saturated rings. The summed E-state index contributed by atoms with van der Waals surface area (Å²) in [5, 5.41) is 9.13. The smallest absolute Gasteiger partial charge is 0.0866 e. The van der Waals surface area contributed by atoms with E-state index in [0.717, 1.165) is 144 Å². The van der Waals surface area contributed by atoms with Crippen LogP contribution in [0, 0.1) is 47.4 Å². The van der Waals surface area contributed by atoms with Gasteiger partial charge >= 0.3 is 0 Å². The highest BCUT2D eigenvalue weighted by atomic mass is 14.7. The summed E-state index contributed by atoms with van der Waals surface area (Å²) < 4.78 is 0. The summed E-state index contributed by atoms with van der Waals surface area (Å²) in [5.74, 6) is 28.1. The van der Waals surface area contributed by atoms with Crippen LogP contribution in [-0.4, -0.2) is 19.9 Å². The van der Waals surface area contributed by atoms with Gasteiger partial charge in [-0.2, -0.15) is 0 Å². The SMILES string of the molecule is C1#Cc2cccc3cc4cccc(c4nc23)C#Cc2cccc3cc4cccc(c4nc23)C#Cc2cccc3cc4cccc(c4nc23)C#Cc2cccc3cc4c(nc23)=C1CCC=4. The molecular formula is C60H30N4. The fourth-order valence-corrected chi connectivity index (χ4v) is 9.13. The molecule has 1 aliphatic heterocycles. The monoisotopic (exact) mass is 806 g/mol. The average Bonchev–Trinajstić information content (AvgIpc) is 3.33. The molecule has 0 saturated heterocycles. The molecule has 8 bridgehead atoms. The van der Waals surface area contributed by atoms with Crippen molar-refractivity contribution < 1.29 is 0 Å². The Hall–Kier alpha value is -9.06. The van der Waals surface area contributed by atoms with Crippen LogP contribution in [0.25, 0.3) is 88.0 Å². The maximum atomic E-state index is 5.32. The van der Waals surface area contributed by atoms with Crippen molar-refractivity contribution in [3.05, 3.63) is 201 Å². The Morgan fingerprint density at radius 2 is 0.578 bits per heavy atom. The average molecular weight is 807 g/mol. The van der Waals surface area contributed by atoms with Gasteiger partial charge in [0.1, 0.15) is 0 Å². The van der Waals surface area contributed by atoms with Crippen molar-refractivity contribution in [2.45, 2.75) is 12.8 Å². The van der Waals surface area contributed by atoms with Gasteiger partial charge < -0.3 is 0 Å². The summed E-state index contributed by atoms with van der Waals surface area (Å²) in [4.78, 5) is 21.1. The molecule has 0 N–H and O–H groups in total. The molecule has 4 nitrogen and oxygen atoms in total. The van der Waals surface area contributed by atoms with Crippen LogP contribution in [0.5, 0.6) is 0 Å². The Balaban J connectivity index is 1.09. The molecule has 0 radical (unpaired) electrons. The second-order valence-corrected chi connectivity index (χ2v) is 16.3. The van der Waals surface area contributed by atoms with Crippen molar-refractivity contribution in [1.29, 1.82) is 0 Å². The van der Waals surface area contributed by atoms with Crippen molar-refractivity contribution >= 4 is 88.0 Å². The Morgan fingerprint density at radius 1 is 0.297 bits per heavy atom. The molecule has 1 aliphatic carbocycles. The molecule has 2 aliphatic rings. The molecule has 4 heteroatoms. The first-order chi connectivity index (χ1) is 31.7. The van der Waals surface area contributed by atoms with E-state index in [-0.39, 0.29) is 0 Å². The third-order valence-corrected chi connectivity index (χ3v) is 12.3. The van der Waals surface area contributed by atoms with Gasteiger partial charge in [-0.3, -0.25) is 0 Å². The number of para-hydroxylation sites is 7. The van der Waals surface area contributed by atoms with Gasteiger partial charge in [-0.05, 0) is 84.8 Å². The van der Waals surface area contributed by atoms with E-state index >= 15 is 0 Å². The lowest BCUT2D eigenvalue weighted by molar-refractivity contribution is 1.07. The van der Waals surface area contributed by atoms with E-state index < -0.39 is 0 Å². The van der Waals surface area contributed by atoms with Crippen LogP contribution < -0.4 is 10.6 Å². The third-order valence-electron chi connectivity index (χ3n) is 12.3. The molecule has 4 aromatic heterocycles. The zero-order valence-electron chi connectivity index (χ0n) is 34.2. The maximum absolute atomic E-state index is 5.32. The summed E-state index contributed by atoms with van der Waals surface area (Å²) in [7, 11) is 0. The molecular weight excluding hydrogens is 777 g/mol. The zero-order chi connectivity index (χ0) is 42.1. The molecule has 13 rings (SSSR count). The highest BCUT2D eigenvalue weighted by molar-refractivity contribution is 6.01. The van der Waals surface area contributed by atoms with Crippen molar-refractivity contribution in [3.8, 4) is 47.4 Å². The van der Waals surface area contributed by atoms with Crippen LogP contribution in [0.2, 0.25) is 0 Å². The minimum atomic E-state index is 0.801. The molecule has 290 valence electrons. The zero-order valence-corrected chi connectivity index (χ0v) is 34.2. The summed E-state index contributed by atoms with van der Waals surface area (Å²) in [6.45, 7) is 0. The summed E-state index contributed by atoms with van der Waals surface area (Å²) in [5.41, 5.74) is 12.7. The van der Waals surface area contributed by atoms with Crippen molar-refractivity contribution in [1.82, 2.24) is 19.9 Å². The Kier molecular flexibility index (Phi) is 7.95. The Bertz CT molecular complexity index is 4340. The number of rotatable bonds is 0. The van der Waals surface area contributed by atoms with Crippen molar-refractivity contribution in [2.75, 3.05) is 0 Å². The van der Waals surface area contributed by atoms with Gasteiger partial charge in [0.15, 0.2) is 0 Å². The normalized spacial score (nSPS) is 12.7. The van der Waals surface area contributed by atoms with Gasteiger partial charge in [0.05, 0.1) is 82.9 Å². The quantitative estimate of drug-likeness (QED) is 0.113. The van der Waals surface area contributed by atoms with Crippen molar-refractivity contribution in [3.63, 3.8) is 0 Å². The number of benzene rings is 7. The molecule has 11 aromatic rings. The summed E-state index contributed by atoms with van der Waals surface area (Å²) in [6, 6.07) is 52.0. The van der Waals surface area contributed by atoms with Gasteiger partial charge in [0.25, 0.3) is 0 Å². The fraction of sp³-hybridized carbons (Fsp3) is 0.0333. The van der Waals surface area contributed by atoms with Crippen LogP contribution in [0.3, 0.4) is 0 Å². The molecule has 0 atom stereocenters. The lowest BCUT2D eigenvalue weighted by Crippen LogP contribution is -2.32. The Labute approximate surface area is 367 Å². The van der Waals surface area contributed by atoms with Crippen LogP contribution >= 0.6 is 0 Å². The first-order valence-corrected chi connectivity index (χ1v) is 21.4. The van der Waals surface area contributed by atoms with Gasteiger partial charge in [0, 0.05) is 43.3 Å². The predicted octanol–water partition coefficient (Wildman–Crippen LogP) is 10.6. The van der Waals surface area contributed by atoms with E-state index in [0.29, 0.717) is 0 Å². The van der Waals surface area contributed by atoms with Gasteiger partial charge in [0.2, 0.25) is 0 Å². The topological polar surface area (TPSA) is 51.6 Å². The Morgan fingerprint density at radius 3 is 0.906 bits per heavy atom. The highest BCUT2D eigenvalue weighted by Gasteiger charge is 2.13. The molecule has 0 spiro atoms. The van der Waals surface area contributed by atoms with E-state index in [1.165, 1.54) is 0 Å². The molecule has 0 unspecified atom stereocenters. The van der Waals surface area contributed by atoms with E-state index in [1.54, 1.807) is 0 Å². The van der Waals surface area contributed by atoms with E-state index in [1.807, 2.05) is 66.7 Å². The van der Waals surface area contributed by atoms with Crippen LogP contribution in [0.4, 0.5) is 0 Å². The van der Waals surface area contributed by atoms with E-state index in [4.69, 9.17) is 19.9 Å². The van der Waals surface area contributed by atoms with E-state index in [2.05, 4.69) is 138 Å². The van der Waals surface area contributed by atoms with Crippen LogP contribution in [0.1, 0.15) is 51.8 Å². The van der Waals surface area contributed by atoms with E-state index in [9.17, 15) is 0 Å². The number of nitrogens with zero attached hydrogens (tertiary/aromatic N) is 4. The second-order valence-electron chi connectivity index (χ2n) is 16.3. The maximum Gasteiger partial charge on any atom is 0.0866 e. The van der Waals surface area contributed by atoms with Gasteiger partial charge in [-0.1, -0.05) is 138 Å². The van der Waals surface area contributed by atoms with Gasteiger partial charge in [-0.25, -0.2) is 19.9 Å². The van der Waals surface area contributed by atoms with Crippen LogP contribution in [0.15, 0.2) is 152 Å². The highest BCUT2D eigenvalue weighted by Crippen LogP contribution is 2.29. The largest absolute Gasteiger partial charge is 0.246 e. The molecule has 5 heterocycles. The fourth-order valence-electron chi connectivity index (χ4n) is 9.13. The predicted molar refractivity (Wildman–Crippen MR) is 261 cm³/mol. The lowest BCUT2D eigenvalue weighted by atomic mass is 10.00. The molecule has 0 saturated carbocycles. The minimum absolute atomic E-state index is 0.801. The number of aromatic nitrogens is 4. The summed E-state index contributed by atoms with van der Waals surface area (Å²) >= 11 is 0. The lowest BCUT2D eigenvalue weighted by Gasteiger charge is -2.08. The standard InChI is InChI=1S/C60H30N4/c1-9-37-25-26-38-10-3-19-47-34-48-20-5-13-41(56(48)62-55(38)47)29-30-42-14-6-23-51-36-52-24-8-16-44(60(52)64-59(42)51)32-31-43-15-7-22-50-35-49-21-4-12-40(57(49)63-58(43)50)28-27-39-11-2-18-46-33-45(17-1)53(37)61-54(39)46/h1-7,9-15,17-24,33-36H,8,16H2. The number of pyridine rings is 4. The molecule has 0 amide bonds. The number of hydrogen-bond acceptors (Lipinski definition) is 4. The van der Waals surface area contributed by atoms with Crippen molar-refractivity contribution in [2.24, 2.45) is 0 Å². The molecule has 7 aromatic carbocycles. The van der Waals surface area contributed by atoms with Crippen LogP contribution in [-0.2, 0) is 0 Å². The summed E-state index contributed by atoms with van der Waals surface area (Å²) in [6.07, 6.45) is 3.96. The first-order valence-electron chi connectivity index (χ1n) is 21.4. The minimum Gasteiger partial charge on any atom is -0.246 e. The van der Waals surface area contributed by atoms with Gasteiger partial charge in [-0.15, -0.1) is 0 Å². The molecule has 64 heavy (non-hydrogen) atoms. The first kappa shape index (κ1) is 35.7. The number of hydrogen-bond donors (Lipinski definition) is 0. The third kappa shape index (κ3) is 5.95. The second kappa shape index (κ2) is 14.3.